The molecule has 26 heavy (non-hydrogen) atoms. The molecule has 0 aliphatic heterocycles. The van der Waals surface area contributed by atoms with Crippen molar-refractivity contribution in [1.29, 1.82) is 0 Å². The van der Waals surface area contributed by atoms with E-state index in [1.807, 2.05) is 61.5 Å². The van der Waals surface area contributed by atoms with E-state index in [-0.39, 0.29) is 5.41 Å². The van der Waals surface area contributed by atoms with E-state index in [0.717, 1.165) is 16.7 Å². The number of rotatable bonds is 4. The molecule has 0 saturated carbocycles. The van der Waals surface area contributed by atoms with Gasteiger partial charge in [0.05, 0.1) is 0 Å². The molecule has 136 valence electrons. The number of hydrogen-bond donors (Lipinski definition) is 1. The van der Waals surface area contributed by atoms with Gasteiger partial charge in [0.25, 0.3) is 0 Å². The lowest BCUT2D eigenvalue weighted by Gasteiger charge is -2.20. The summed E-state index contributed by atoms with van der Waals surface area (Å²) in [5.41, 5.74) is 4.33. The summed E-state index contributed by atoms with van der Waals surface area (Å²) in [7, 11) is 0. The lowest BCUT2D eigenvalue weighted by Crippen LogP contribution is -2.07. The highest BCUT2D eigenvalue weighted by atomic mass is 16.4. The van der Waals surface area contributed by atoms with Crippen molar-refractivity contribution in [3.63, 3.8) is 0 Å². The Labute approximate surface area is 157 Å². The van der Waals surface area contributed by atoms with Crippen molar-refractivity contribution >= 4 is 17.6 Å². The van der Waals surface area contributed by atoms with Gasteiger partial charge < -0.3 is 5.11 Å². The number of aliphatic carboxylic acids is 1. The van der Waals surface area contributed by atoms with Crippen LogP contribution in [0.25, 0.3) is 11.6 Å². The summed E-state index contributed by atoms with van der Waals surface area (Å²) < 4.78 is 0. The third-order valence-corrected chi connectivity index (χ3v) is 3.66. The van der Waals surface area contributed by atoms with Gasteiger partial charge in [0, 0.05) is 6.08 Å². The quantitative estimate of drug-likeness (QED) is 0.507. The van der Waals surface area contributed by atoms with E-state index in [1.54, 1.807) is 6.08 Å². The minimum Gasteiger partial charge on any atom is -0.478 e. The smallest absolute Gasteiger partial charge is 0.328 e. The number of carboxylic acids is 1. The van der Waals surface area contributed by atoms with Crippen molar-refractivity contribution in [3.05, 3.63) is 96.1 Å². The summed E-state index contributed by atoms with van der Waals surface area (Å²) in [4.78, 5) is 10.6. The highest BCUT2D eigenvalue weighted by Gasteiger charge is 2.14. The molecule has 0 aliphatic rings. The van der Waals surface area contributed by atoms with Crippen LogP contribution in [-0.4, -0.2) is 11.1 Å². The molecule has 0 heterocycles. The van der Waals surface area contributed by atoms with E-state index in [0.29, 0.717) is 0 Å². The zero-order valence-electron chi connectivity index (χ0n) is 16.1. The van der Waals surface area contributed by atoms with Crippen LogP contribution in [0.15, 0.2) is 85.0 Å². The number of benzene rings is 2. The third kappa shape index (κ3) is 8.29. The Bertz CT molecular complexity index is 761. The molecule has 0 radical (unpaired) electrons. The van der Waals surface area contributed by atoms with Gasteiger partial charge in [-0.3, -0.25) is 0 Å². The van der Waals surface area contributed by atoms with E-state index in [1.165, 1.54) is 11.6 Å². The molecule has 2 aromatic rings. The first-order valence-corrected chi connectivity index (χ1v) is 8.59. The normalized spacial score (nSPS) is 11.6. The average molecular weight is 348 g/mol. The van der Waals surface area contributed by atoms with Gasteiger partial charge in [-0.2, -0.15) is 0 Å². The lowest BCUT2D eigenvalue weighted by molar-refractivity contribution is -0.131. The predicted molar refractivity (Wildman–Crippen MR) is 112 cm³/mol. The van der Waals surface area contributed by atoms with Crippen LogP contribution in [0, 0.1) is 5.41 Å². The molecule has 2 aromatic carbocycles. The van der Waals surface area contributed by atoms with Crippen LogP contribution in [0.2, 0.25) is 0 Å². The summed E-state index contributed by atoms with van der Waals surface area (Å²) in [6.07, 6.45) is 4.86. The third-order valence-electron chi connectivity index (χ3n) is 3.66. The highest BCUT2D eigenvalue weighted by Crippen LogP contribution is 2.28. The second-order valence-corrected chi connectivity index (χ2v) is 7.08. The van der Waals surface area contributed by atoms with E-state index in [4.69, 9.17) is 5.11 Å². The van der Waals surface area contributed by atoms with Crippen LogP contribution in [0.5, 0.6) is 0 Å². The summed E-state index contributed by atoms with van der Waals surface area (Å²) in [6.45, 7) is 12.0. The molecule has 0 aromatic heterocycles. The van der Waals surface area contributed by atoms with Gasteiger partial charge in [-0.15, -0.1) is 0 Å². The molecule has 2 nitrogen and oxygen atoms in total. The summed E-state index contributed by atoms with van der Waals surface area (Å²) >= 11 is 0. The van der Waals surface area contributed by atoms with Crippen LogP contribution < -0.4 is 0 Å². The number of hydrogen-bond acceptors (Lipinski definition) is 1. The minimum absolute atomic E-state index is 0.0816. The van der Waals surface area contributed by atoms with Crippen LogP contribution in [0.3, 0.4) is 0 Å². The highest BCUT2D eigenvalue weighted by molar-refractivity contribution is 5.81. The van der Waals surface area contributed by atoms with Gasteiger partial charge in [0.1, 0.15) is 0 Å². The Balaban J connectivity index is 0.000000314. The van der Waals surface area contributed by atoms with Crippen LogP contribution in [-0.2, 0) is 4.79 Å². The van der Waals surface area contributed by atoms with Crippen molar-refractivity contribution in [2.24, 2.45) is 5.41 Å². The molecule has 0 atom stereocenters. The molecule has 0 unspecified atom stereocenters. The fourth-order valence-electron chi connectivity index (χ4n) is 2.13. The van der Waals surface area contributed by atoms with Gasteiger partial charge in [-0.05, 0) is 29.0 Å². The predicted octanol–water partition coefficient (Wildman–Crippen LogP) is 6.48. The molecule has 2 heteroatoms. The second kappa shape index (κ2) is 10.2. The van der Waals surface area contributed by atoms with E-state index < -0.39 is 5.97 Å². The van der Waals surface area contributed by atoms with Crippen molar-refractivity contribution in [2.45, 2.75) is 27.7 Å². The standard InChI is InChI=1S/C15H18O2.C9H10/c1-15(2,3)13(9-10-14(16)17)11-12-7-5-4-6-8-12;1-8(2)9-6-4-3-5-7-9/h4-11H,1-3H3,(H,16,17);3-7H,1H2,2H3. The summed E-state index contributed by atoms with van der Waals surface area (Å²) in [6, 6.07) is 20.0. The zero-order valence-corrected chi connectivity index (χ0v) is 16.1. The fourth-order valence-corrected chi connectivity index (χ4v) is 2.13. The lowest BCUT2D eigenvalue weighted by atomic mass is 9.85. The van der Waals surface area contributed by atoms with Crippen LogP contribution in [0.1, 0.15) is 38.8 Å². The molecule has 0 spiro atoms. The largest absolute Gasteiger partial charge is 0.478 e. The Morgan fingerprint density at radius 2 is 1.42 bits per heavy atom. The van der Waals surface area contributed by atoms with Crippen molar-refractivity contribution < 1.29 is 9.90 Å². The monoisotopic (exact) mass is 348 g/mol. The Hall–Kier alpha value is -2.87. The van der Waals surface area contributed by atoms with Gasteiger partial charge >= 0.3 is 5.97 Å². The molecule has 0 fully saturated rings. The molecular weight excluding hydrogens is 320 g/mol. The number of allylic oxidation sites excluding steroid dienone is 3. The van der Waals surface area contributed by atoms with Gasteiger partial charge in [-0.25, -0.2) is 4.79 Å². The average Bonchev–Trinajstić information content (AvgIpc) is 2.59. The SMILES string of the molecule is C=C(C)c1ccccc1.CC(C)(C)C(C=CC(=O)O)=Cc1ccccc1. The van der Waals surface area contributed by atoms with Crippen LogP contribution in [0.4, 0.5) is 0 Å². The van der Waals surface area contributed by atoms with Gasteiger partial charge in [-0.1, -0.05) is 106 Å². The van der Waals surface area contributed by atoms with E-state index >= 15 is 0 Å². The Morgan fingerprint density at radius 1 is 0.923 bits per heavy atom. The first-order valence-electron chi connectivity index (χ1n) is 8.59. The fraction of sp³-hybridized carbons (Fsp3) is 0.208. The number of carboxylic acid groups (broad SMARTS) is 1. The molecular formula is C24H28O2. The van der Waals surface area contributed by atoms with Crippen molar-refractivity contribution in [1.82, 2.24) is 0 Å². The molecule has 0 amide bonds. The Kier molecular flexibility index (Phi) is 8.30. The van der Waals surface area contributed by atoms with Crippen molar-refractivity contribution in [2.75, 3.05) is 0 Å². The second-order valence-electron chi connectivity index (χ2n) is 7.08. The molecule has 0 saturated heterocycles. The number of carbonyl (C=O) groups is 1. The van der Waals surface area contributed by atoms with Gasteiger partial charge in [0.2, 0.25) is 0 Å². The maximum atomic E-state index is 10.6. The maximum absolute atomic E-state index is 10.6. The minimum atomic E-state index is -0.923. The topological polar surface area (TPSA) is 37.3 Å². The first kappa shape index (κ1) is 21.2. The maximum Gasteiger partial charge on any atom is 0.328 e. The van der Waals surface area contributed by atoms with Crippen molar-refractivity contribution in [3.8, 4) is 0 Å². The first-order chi connectivity index (χ1) is 12.2. The van der Waals surface area contributed by atoms with E-state index in [9.17, 15) is 4.79 Å². The van der Waals surface area contributed by atoms with E-state index in [2.05, 4.69) is 39.5 Å². The van der Waals surface area contributed by atoms with Gasteiger partial charge in [0.15, 0.2) is 0 Å². The molecule has 0 bridgehead atoms. The van der Waals surface area contributed by atoms with Crippen LogP contribution >= 0.6 is 0 Å². The molecule has 1 N–H and O–H groups in total. The molecule has 0 aliphatic carbocycles. The molecule has 2 rings (SSSR count). The summed E-state index contributed by atoms with van der Waals surface area (Å²) in [5, 5.41) is 8.68. The zero-order chi connectivity index (χ0) is 19.6. The Morgan fingerprint density at radius 3 is 1.81 bits per heavy atom. The summed E-state index contributed by atoms with van der Waals surface area (Å²) in [5.74, 6) is -0.923.